The van der Waals surface area contributed by atoms with Gasteiger partial charge in [-0.15, -0.1) is 0 Å². The number of hydrogen-bond donors (Lipinski definition) is 1. The number of carbonyl (C=O) groups is 1. The second kappa shape index (κ2) is 5.28. The van der Waals surface area contributed by atoms with Crippen molar-refractivity contribution in [2.45, 2.75) is 32.9 Å². The highest BCUT2D eigenvalue weighted by Crippen LogP contribution is 2.08. The lowest BCUT2D eigenvalue weighted by Crippen LogP contribution is -2.51. The van der Waals surface area contributed by atoms with Crippen molar-refractivity contribution in [3.05, 3.63) is 11.6 Å². The number of nitrogens with two attached hydrogens (primary N) is 1. The maximum absolute atomic E-state index is 11.7. The fourth-order valence-electron chi connectivity index (χ4n) is 1.53. The molecule has 0 bridgehead atoms. The summed E-state index contributed by atoms with van der Waals surface area (Å²) in [5, 5.41) is 0. The van der Waals surface area contributed by atoms with Crippen molar-refractivity contribution >= 4 is 5.91 Å². The molecule has 0 aliphatic carbocycles. The average Bonchev–Trinajstić information content (AvgIpc) is 2.17. The Balaban J connectivity index is 2.56. The Morgan fingerprint density at radius 2 is 2.27 bits per heavy atom. The molecule has 1 heterocycles. The first kappa shape index (κ1) is 12.2. The zero-order valence-corrected chi connectivity index (χ0v) is 9.69. The summed E-state index contributed by atoms with van der Waals surface area (Å²) < 4.78 is 5.49. The van der Waals surface area contributed by atoms with Crippen LogP contribution in [0.2, 0.25) is 0 Å². The van der Waals surface area contributed by atoms with Crippen LogP contribution >= 0.6 is 0 Å². The van der Waals surface area contributed by atoms with Gasteiger partial charge in [-0.05, 0) is 20.8 Å². The molecule has 2 atom stereocenters. The Bertz CT molecular complexity index is 257. The van der Waals surface area contributed by atoms with Crippen LogP contribution in [0, 0.1) is 0 Å². The Hall–Kier alpha value is -0.870. The largest absolute Gasteiger partial charge is 0.373 e. The van der Waals surface area contributed by atoms with Crippen molar-refractivity contribution in [2.24, 2.45) is 5.73 Å². The van der Waals surface area contributed by atoms with E-state index in [0.717, 1.165) is 5.57 Å². The van der Waals surface area contributed by atoms with Gasteiger partial charge in [0.15, 0.2) is 0 Å². The molecular formula is C11H20N2O2. The summed E-state index contributed by atoms with van der Waals surface area (Å²) in [6.07, 6.45) is 1.62. The monoisotopic (exact) mass is 212 g/mol. The molecule has 1 fully saturated rings. The van der Waals surface area contributed by atoms with E-state index in [2.05, 4.69) is 0 Å². The number of ether oxygens (including phenoxy) is 1. The minimum atomic E-state index is -0.0349. The molecule has 15 heavy (non-hydrogen) atoms. The molecule has 1 amide bonds. The summed E-state index contributed by atoms with van der Waals surface area (Å²) in [5.41, 5.74) is 6.77. The molecule has 1 aliphatic rings. The Morgan fingerprint density at radius 3 is 2.80 bits per heavy atom. The fraction of sp³-hybridized carbons (Fsp3) is 0.727. The molecule has 0 radical (unpaired) electrons. The van der Waals surface area contributed by atoms with Crippen LogP contribution in [0.5, 0.6) is 0 Å². The van der Waals surface area contributed by atoms with E-state index >= 15 is 0 Å². The highest BCUT2D eigenvalue weighted by molar-refractivity contribution is 5.88. The van der Waals surface area contributed by atoms with E-state index in [-0.39, 0.29) is 18.1 Å². The summed E-state index contributed by atoms with van der Waals surface area (Å²) in [5.74, 6) is 0.0592. The first-order valence-electron chi connectivity index (χ1n) is 5.31. The molecule has 4 nitrogen and oxygen atoms in total. The van der Waals surface area contributed by atoms with Crippen molar-refractivity contribution in [3.8, 4) is 0 Å². The van der Waals surface area contributed by atoms with Gasteiger partial charge in [-0.25, -0.2) is 0 Å². The Labute approximate surface area is 91.1 Å². The van der Waals surface area contributed by atoms with Crippen LogP contribution in [0.25, 0.3) is 0 Å². The molecule has 86 valence electrons. The van der Waals surface area contributed by atoms with Crippen molar-refractivity contribution in [1.29, 1.82) is 0 Å². The summed E-state index contributed by atoms with van der Waals surface area (Å²) in [4.78, 5) is 13.5. The van der Waals surface area contributed by atoms with Crippen LogP contribution < -0.4 is 5.73 Å². The van der Waals surface area contributed by atoms with Crippen LogP contribution in [0.3, 0.4) is 0 Å². The Kier molecular flexibility index (Phi) is 4.29. The van der Waals surface area contributed by atoms with Gasteiger partial charge >= 0.3 is 0 Å². The molecule has 2 unspecified atom stereocenters. The van der Waals surface area contributed by atoms with E-state index in [9.17, 15) is 4.79 Å². The second-order valence-corrected chi connectivity index (χ2v) is 4.27. The maximum Gasteiger partial charge on any atom is 0.246 e. The lowest BCUT2D eigenvalue weighted by atomic mass is 10.1. The van der Waals surface area contributed by atoms with Crippen LogP contribution in [-0.4, -0.2) is 42.6 Å². The minimum absolute atomic E-state index is 0.0340. The van der Waals surface area contributed by atoms with Crippen LogP contribution in [0.1, 0.15) is 20.8 Å². The van der Waals surface area contributed by atoms with E-state index in [1.54, 1.807) is 11.0 Å². The number of nitrogens with zero attached hydrogens (tertiary/aromatic N) is 1. The van der Waals surface area contributed by atoms with Crippen molar-refractivity contribution < 1.29 is 9.53 Å². The molecule has 0 aromatic carbocycles. The summed E-state index contributed by atoms with van der Waals surface area (Å²) in [6.45, 7) is 7.57. The van der Waals surface area contributed by atoms with Crippen molar-refractivity contribution in [2.75, 3.05) is 19.7 Å². The predicted octanol–water partition coefficient (Wildman–Crippen LogP) is 0.527. The average molecular weight is 212 g/mol. The molecule has 4 heteroatoms. The lowest BCUT2D eigenvalue weighted by molar-refractivity contribution is -0.134. The second-order valence-electron chi connectivity index (χ2n) is 4.27. The SMILES string of the molecule is CC(C)=CC(=O)N1CCOC(C(C)N)C1. The summed E-state index contributed by atoms with van der Waals surface area (Å²) in [7, 11) is 0. The fourth-order valence-corrected chi connectivity index (χ4v) is 1.53. The smallest absolute Gasteiger partial charge is 0.246 e. The first-order chi connectivity index (χ1) is 7.00. The minimum Gasteiger partial charge on any atom is -0.373 e. The third-order valence-corrected chi connectivity index (χ3v) is 2.40. The molecule has 0 aromatic heterocycles. The van der Waals surface area contributed by atoms with E-state index in [1.165, 1.54) is 0 Å². The van der Waals surface area contributed by atoms with E-state index < -0.39 is 0 Å². The zero-order valence-electron chi connectivity index (χ0n) is 9.69. The quantitative estimate of drug-likeness (QED) is 0.679. The highest BCUT2D eigenvalue weighted by Gasteiger charge is 2.25. The number of hydrogen-bond acceptors (Lipinski definition) is 3. The van der Waals surface area contributed by atoms with Gasteiger partial charge in [-0.3, -0.25) is 4.79 Å². The number of allylic oxidation sites excluding steroid dienone is 1. The molecule has 2 N–H and O–H groups in total. The third-order valence-electron chi connectivity index (χ3n) is 2.40. The van der Waals surface area contributed by atoms with Gasteiger partial charge in [0, 0.05) is 25.2 Å². The number of amides is 1. The first-order valence-corrected chi connectivity index (χ1v) is 5.31. The normalized spacial score (nSPS) is 23.5. The number of rotatable bonds is 2. The van der Waals surface area contributed by atoms with E-state index in [4.69, 9.17) is 10.5 Å². The van der Waals surface area contributed by atoms with Gasteiger partial charge < -0.3 is 15.4 Å². The van der Waals surface area contributed by atoms with Gasteiger partial charge in [-0.1, -0.05) is 5.57 Å². The molecule has 1 aliphatic heterocycles. The van der Waals surface area contributed by atoms with Gasteiger partial charge in [0.25, 0.3) is 0 Å². The topological polar surface area (TPSA) is 55.6 Å². The van der Waals surface area contributed by atoms with Crippen LogP contribution in [0.4, 0.5) is 0 Å². The number of carbonyl (C=O) groups excluding carboxylic acids is 1. The summed E-state index contributed by atoms with van der Waals surface area (Å²) in [6, 6.07) is -0.0349. The van der Waals surface area contributed by atoms with Gasteiger partial charge in [0.05, 0.1) is 12.7 Å². The molecule has 0 spiro atoms. The molecule has 1 saturated heterocycles. The van der Waals surface area contributed by atoms with Gasteiger partial charge in [-0.2, -0.15) is 0 Å². The highest BCUT2D eigenvalue weighted by atomic mass is 16.5. The standard InChI is InChI=1S/C11H20N2O2/c1-8(2)6-11(14)13-4-5-15-10(7-13)9(3)12/h6,9-10H,4-5,7,12H2,1-3H3. The predicted molar refractivity (Wildman–Crippen MR) is 59.4 cm³/mol. The van der Waals surface area contributed by atoms with Crippen LogP contribution in [-0.2, 0) is 9.53 Å². The van der Waals surface area contributed by atoms with E-state index in [1.807, 2.05) is 20.8 Å². The zero-order chi connectivity index (χ0) is 11.4. The van der Waals surface area contributed by atoms with Crippen molar-refractivity contribution in [1.82, 2.24) is 4.90 Å². The van der Waals surface area contributed by atoms with Crippen LogP contribution in [0.15, 0.2) is 11.6 Å². The number of morpholine rings is 1. The maximum atomic E-state index is 11.7. The van der Waals surface area contributed by atoms with E-state index in [0.29, 0.717) is 19.7 Å². The molecule has 0 saturated carbocycles. The molecule has 1 rings (SSSR count). The van der Waals surface area contributed by atoms with Gasteiger partial charge in [0.2, 0.25) is 5.91 Å². The van der Waals surface area contributed by atoms with Crippen molar-refractivity contribution in [3.63, 3.8) is 0 Å². The van der Waals surface area contributed by atoms with Gasteiger partial charge in [0.1, 0.15) is 0 Å². The molecule has 0 aromatic rings. The third kappa shape index (κ3) is 3.64. The summed E-state index contributed by atoms with van der Waals surface area (Å²) >= 11 is 0. The Morgan fingerprint density at radius 1 is 1.60 bits per heavy atom. The lowest BCUT2D eigenvalue weighted by Gasteiger charge is -2.34. The molecular weight excluding hydrogens is 192 g/mol.